The Bertz CT molecular complexity index is 290. The normalized spacial score (nSPS) is 25.9. The second kappa shape index (κ2) is 6.00. The number of aliphatic hydroxyl groups excluding tert-OH is 1. The van der Waals surface area contributed by atoms with Crippen molar-refractivity contribution in [2.45, 2.75) is 39.2 Å². The molecule has 0 aromatic carbocycles. The number of carbonyl (C=O) groups excluding carboxylic acids is 1. The van der Waals surface area contributed by atoms with Crippen molar-refractivity contribution < 1.29 is 19.8 Å². The molecule has 0 aromatic rings. The number of carboxylic acid groups (broad SMARTS) is 1. The summed E-state index contributed by atoms with van der Waals surface area (Å²) in [7, 11) is 0. The van der Waals surface area contributed by atoms with Crippen LogP contribution < -0.4 is 5.32 Å². The van der Waals surface area contributed by atoms with Gasteiger partial charge < -0.3 is 15.5 Å². The predicted molar refractivity (Wildman–Crippen MR) is 62.3 cm³/mol. The molecule has 0 saturated heterocycles. The van der Waals surface area contributed by atoms with Gasteiger partial charge >= 0.3 is 5.97 Å². The first kappa shape index (κ1) is 14.0. The van der Waals surface area contributed by atoms with Crippen molar-refractivity contribution in [3.05, 3.63) is 0 Å². The Morgan fingerprint density at radius 2 is 1.88 bits per heavy atom. The molecular formula is C12H21NO4. The second-order valence-electron chi connectivity index (χ2n) is 5.10. The fourth-order valence-electron chi connectivity index (χ4n) is 2.03. The van der Waals surface area contributed by atoms with Crippen molar-refractivity contribution in [2.24, 2.45) is 17.8 Å². The number of amides is 1. The van der Waals surface area contributed by atoms with Gasteiger partial charge in [-0.15, -0.1) is 0 Å². The van der Waals surface area contributed by atoms with Crippen LogP contribution in [0.3, 0.4) is 0 Å². The van der Waals surface area contributed by atoms with Crippen molar-refractivity contribution in [1.82, 2.24) is 5.32 Å². The number of aliphatic carboxylic acids is 1. The molecule has 0 spiro atoms. The maximum Gasteiger partial charge on any atom is 0.306 e. The summed E-state index contributed by atoms with van der Waals surface area (Å²) in [4.78, 5) is 22.5. The minimum atomic E-state index is -0.817. The number of carbonyl (C=O) groups is 2. The highest BCUT2D eigenvalue weighted by Crippen LogP contribution is 2.31. The van der Waals surface area contributed by atoms with Crippen LogP contribution in [0.2, 0.25) is 0 Å². The Labute approximate surface area is 101 Å². The van der Waals surface area contributed by atoms with Gasteiger partial charge in [0.1, 0.15) is 0 Å². The van der Waals surface area contributed by atoms with Crippen LogP contribution in [0, 0.1) is 17.8 Å². The van der Waals surface area contributed by atoms with E-state index in [1.165, 1.54) is 0 Å². The van der Waals surface area contributed by atoms with Crippen LogP contribution in [0.15, 0.2) is 0 Å². The van der Waals surface area contributed by atoms with E-state index in [4.69, 9.17) is 5.11 Å². The first-order chi connectivity index (χ1) is 7.91. The molecule has 17 heavy (non-hydrogen) atoms. The third kappa shape index (κ3) is 4.00. The molecule has 1 rings (SSSR count). The van der Waals surface area contributed by atoms with Crippen molar-refractivity contribution in [3.8, 4) is 0 Å². The lowest BCUT2D eigenvalue weighted by molar-refractivity contribution is -0.141. The predicted octanol–water partition coefficient (Wildman–Crippen LogP) is 0.620. The van der Waals surface area contributed by atoms with Crippen molar-refractivity contribution >= 4 is 11.9 Å². The lowest BCUT2D eigenvalue weighted by Crippen LogP contribution is -2.37. The highest BCUT2D eigenvalue weighted by molar-refractivity contribution is 5.80. The summed E-state index contributed by atoms with van der Waals surface area (Å²) >= 11 is 0. The zero-order chi connectivity index (χ0) is 13.0. The average Bonchev–Trinajstić information content (AvgIpc) is 2.74. The van der Waals surface area contributed by atoms with E-state index in [1.807, 2.05) is 13.8 Å². The Kier molecular flexibility index (Phi) is 4.93. The van der Waals surface area contributed by atoms with Crippen molar-refractivity contribution in [1.29, 1.82) is 0 Å². The van der Waals surface area contributed by atoms with E-state index in [9.17, 15) is 14.7 Å². The Morgan fingerprint density at radius 3 is 2.35 bits per heavy atom. The topological polar surface area (TPSA) is 86.6 Å². The maximum atomic E-state index is 11.7. The molecule has 0 aromatic heterocycles. The summed E-state index contributed by atoms with van der Waals surface area (Å²) in [5, 5.41) is 21.1. The summed E-state index contributed by atoms with van der Waals surface area (Å²) in [6.07, 6.45) is 1.07. The van der Waals surface area contributed by atoms with Gasteiger partial charge in [0.15, 0.2) is 0 Å². The Balaban J connectivity index is 2.32. The molecular weight excluding hydrogens is 222 g/mol. The van der Waals surface area contributed by atoms with Gasteiger partial charge in [0.2, 0.25) is 5.91 Å². The lowest BCUT2D eigenvalue weighted by Gasteiger charge is -2.17. The molecule has 1 amide bonds. The van der Waals surface area contributed by atoms with Crippen LogP contribution in [0.25, 0.3) is 0 Å². The van der Waals surface area contributed by atoms with Gasteiger partial charge in [-0.2, -0.15) is 0 Å². The van der Waals surface area contributed by atoms with Crippen LogP contribution in [0.1, 0.15) is 33.1 Å². The molecule has 5 nitrogen and oxygen atoms in total. The van der Waals surface area contributed by atoms with E-state index in [-0.39, 0.29) is 30.2 Å². The SMILES string of the molecule is CC(C)C(O)CNC(=O)[C@@H]1CC[C@H](C(=O)O)C1. The van der Waals surface area contributed by atoms with Crippen LogP contribution in [0.5, 0.6) is 0 Å². The van der Waals surface area contributed by atoms with Gasteiger partial charge in [0, 0.05) is 12.5 Å². The summed E-state index contributed by atoms with van der Waals surface area (Å²) in [5.74, 6) is -1.45. The number of rotatable bonds is 5. The van der Waals surface area contributed by atoms with Crippen molar-refractivity contribution in [3.63, 3.8) is 0 Å². The standard InChI is InChI=1S/C12H21NO4/c1-7(2)10(14)6-13-11(15)8-3-4-9(5-8)12(16)17/h7-10,14H,3-6H2,1-2H3,(H,13,15)(H,16,17)/t8-,9+,10?/m1/s1. The maximum absolute atomic E-state index is 11.7. The van der Waals surface area contributed by atoms with E-state index in [2.05, 4.69) is 5.32 Å². The molecule has 98 valence electrons. The van der Waals surface area contributed by atoms with Gasteiger partial charge in [0.25, 0.3) is 0 Å². The Hall–Kier alpha value is -1.10. The highest BCUT2D eigenvalue weighted by atomic mass is 16.4. The molecule has 1 unspecified atom stereocenters. The zero-order valence-electron chi connectivity index (χ0n) is 10.3. The highest BCUT2D eigenvalue weighted by Gasteiger charge is 2.33. The van der Waals surface area contributed by atoms with Gasteiger partial charge in [-0.25, -0.2) is 0 Å². The first-order valence-corrected chi connectivity index (χ1v) is 6.10. The molecule has 3 atom stereocenters. The Morgan fingerprint density at radius 1 is 1.29 bits per heavy atom. The van der Waals surface area contributed by atoms with Gasteiger partial charge in [0.05, 0.1) is 12.0 Å². The van der Waals surface area contributed by atoms with Gasteiger partial charge in [-0.3, -0.25) is 9.59 Å². The molecule has 1 fully saturated rings. The molecule has 0 bridgehead atoms. The molecule has 0 radical (unpaired) electrons. The first-order valence-electron chi connectivity index (χ1n) is 6.10. The summed E-state index contributed by atoms with van der Waals surface area (Å²) < 4.78 is 0. The number of nitrogens with one attached hydrogen (secondary N) is 1. The van der Waals surface area contributed by atoms with Crippen molar-refractivity contribution in [2.75, 3.05) is 6.54 Å². The van der Waals surface area contributed by atoms with Gasteiger partial charge in [-0.05, 0) is 25.2 Å². The molecule has 0 aliphatic heterocycles. The van der Waals surface area contributed by atoms with E-state index >= 15 is 0 Å². The number of hydrogen-bond acceptors (Lipinski definition) is 3. The third-order valence-corrected chi connectivity index (χ3v) is 3.41. The molecule has 0 heterocycles. The van der Waals surface area contributed by atoms with E-state index in [0.29, 0.717) is 19.3 Å². The fraction of sp³-hybridized carbons (Fsp3) is 0.833. The summed E-state index contributed by atoms with van der Waals surface area (Å²) in [6.45, 7) is 4.00. The molecule has 3 N–H and O–H groups in total. The van der Waals surface area contributed by atoms with Gasteiger partial charge in [-0.1, -0.05) is 13.8 Å². The number of hydrogen-bond donors (Lipinski definition) is 3. The van der Waals surface area contributed by atoms with Crippen LogP contribution in [-0.4, -0.2) is 34.7 Å². The van der Waals surface area contributed by atoms with Crippen LogP contribution in [-0.2, 0) is 9.59 Å². The smallest absolute Gasteiger partial charge is 0.306 e. The minimum absolute atomic E-state index is 0.102. The van der Waals surface area contributed by atoms with E-state index in [0.717, 1.165) is 0 Å². The largest absolute Gasteiger partial charge is 0.481 e. The number of aliphatic hydroxyl groups is 1. The molecule has 1 saturated carbocycles. The third-order valence-electron chi connectivity index (χ3n) is 3.41. The quantitative estimate of drug-likeness (QED) is 0.660. The average molecular weight is 243 g/mol. The second-order valence-corrected chi connectivity index (χ2v) is 5.10. The molecule has 1 aliphatic carbocycles. The zero-order valence-corrected chi connectivity index (χ0v) is 10.3. The molecule has 5 heteroatoms. The van der Waals surface area contributed by atoms with Crippen LogP contribution in [0.4, 0.5) is 0 Å². The van der Waals surface area contributed by atoms with E-state index in [1.54, 1.807) is 0 Å². The number of carboxylic acids is 1. The monoisotopic (exact) mass is 243 g/mol. The summed E-state index contributed by atoms with van der Waals surface area (Å²) in [5.41, 5.74) is 0. The van der Waals surface area contributed by atoms with Crippen LogP contribution >= 0.6 is 0 Å². The summed E-state index contributed by atoms with van der Waals surface area (Å²) in [6, 6.07) is 0. The lowest BCUT2D eigenvalue weighted by atomic mass is 10.0. The molecule has 1 aliphatic rings. The van der Waals surface area contributed by atoms with E-state index < -0.39 is 12.1 Å². The minimum Gasteiger partial charge on any atom is -0.481 e. The fourth-order valence-corrected chi connectivity index (χ4v) is 2.03.